The molecule has 2 amide bonds. The van der Waals surface area contributed by atoms with Crippen LogP contribution >= 0.6 is 0 Å². The van der Waals surface area contributed by atoms with Crippen LogP contribution in [-0.2, 0) is 9.59 Å². The Morgan fingerprint density at radius 3 is 2.47 bits per heavy atom. The molecule has 2 N–H and O–H groups in total. The van der Waals surface area contributed by atoms with Gasteiger partial charge in [0.05, 0.1) is 17.3 Å². The molecule has 19 heavy (non-hydrogen) atoms. The summed E-state index contributed by atoms with van der Waals surface area (Å²) < 4.78 is 0. The first-order valence-electron chi connectivity index (χ1n) is 6.54. The summed E-state index contributed by atoms with van der Waals surface area (Å²) in [5.41, 5.74) is 6.52. The highest BCUT2D eigenvalue weighted by molar-refractivity contribution is 6.22. The molecule has 1 saturated heterocycles. The van der Waals surface area contributed by atoms with Crippen molar-refractivity contribution in [1.29, 1.82) is 0 Å². The molecule has 1 aliphatic heterocycles. The fourth-order valence-corrected chi connectivity index (χ4v) is 2.50. The van der Waals surface area contributed by atoms with Crippen LogP contribution in [0.1, 0.15) is 38.7 Å². The van der Waals surface area contributed by atoms with Gasteiger partial charge in [-0.1, -0.05) is 13.8 Å². The summed E-state index contributed by atoms with van der Waals surface area (Å²) in [6.07, 6.45) is 3.09. The number of hydrogen-bond acceptors (Lipinski definition) is 4. The SMILES string of the molecule is CCC1(CC)CC(=O)N(c2cc(C)c(N)cn2)C1=O. The van der Waals surface area contributed by atoms with E-state index in [4.69, 9.17) is 5.73 Å². The Bertz CT molecular complexity index is 535. The average Bonchev–Trinajstić information content (AvgIpc) is 2.65. The lowest BCUT2D eigenvalue weighted by molar-refractivity contribution is -0.126. The molecule has 0 unspecified atom stereocenters. The molecule has 1 fully saturated rings. The minimum atomic E-state index is -0.561. The van der Waals surface area contributed by atoms with Crippen molar-refractivity contribution < 1.29 is 9.59 Å². The summed E-state index contributed by atoms with van der Waals surface area (Å²) in [5, 5.41) is 0. The fourth-order valence-electron chi connectivity index (χ4n) is 2.50. The van der Waals surface area contributed by atoms with Gasteiger partial charge in [0.1, 0.15) is 5.82 Å². The van der Waals surface area contributed by atoms with Crippen molar-refractivity contribution in [1.82, 2.24) is 4.98 Å². The van der Waals surface area contributed by atoms with E-state index in [1.807, 2.05) is 20.8 Å². The lowest BCUT2D eigenvalue weighted by atomic mass is 9.81. The van der Waals surface area contributed by atoms with Crippen LogP contribution < -0.4 is 10.6 Å². The molecule has 0 saturated carbocycles. The summed E-state index contributed by atoms with van der Waals surface area (Å²) in [5.74, 6) is 0.0648. The number of anilines is 2. The predicted molar refractivity (Wildman–Crippen MR) is 73.5 cm³/mol. The monoisotopic (exact) mass is 261 g/mol. The Morgan fingerprint density at radius 1 is 1.37 bits per heavy atom. The van der Waals surface area contributed by atoms with E-state index in [0.29, 0.717) is 24.3 Å². The van der Waals surface area contributed by atoms with Crippen molar-refractivity contribution in [3.63, 3.8) is 0 Å². The first-order valence-corrected chi connectivity index (χ1v) is 6.54. The highest BCUT2D eigenvalue weighted by Crippen LogP contribution is 2.40. The number of nitrogen functional groups attached to an aromatic ring is 1. The minimum absolute atomic E-state index is 0.140. The third-order valence-corrected chi connectivity index (χ3v) is 4.12. The molecule has 0 aliphatic carbocycles. The van der Waals surface area contributed by atoms with E-state index >= 15 is 0 Å². The second-order valence-corrected chi connectivity index (χ2v) is 5.10. The maximum atomic E-state index is 12.5. The molecule has 5 nitrogen and oxygen atoms in total. The summed E-state index contributed by atoms with van der Waals surface area (Å²) >= 11 is 0. The zero-order chi connectivity index (χ0) is 14.2. The molecule has 0 atom stereocenters. The van der Waals surface area contributed by atoms with Gasteiger partial charge in [0.25, 0.3) is 0 Å². The van der Waals surface area contributed by atoms with Crippen LogP contribution in [0.25, 0.3) is 0 Å². The molecule has 1 aliphatic rings. The number of carbonyl (C=O) groups excluding carboxylic acids is 2. The maximum Gasteiger partial charge on any atom is 0.241 e. The van der Waals surface area contributed by atoms with Gasteiger partial charge in [-0.15, -0.1) is 0 Å². The van der Waals surface area contributed by atoms with E-state index in [1.165, 1.54) is 11.1 Å². The van der Waals surface area contributed by atoms with E-state index in [-0.39, 0.29) is 18.2 Å². The second-order valence-electron chi connectivity index (χ2n) is 5.10. The largest absolute Gasteiger partial charge is 0.397 e. The fraction of sp³-hybridized carbons (Fsp3) is 0.500. The smallest absolute Gasteiger partial charge is 0.241 e. The molecule has 1 aromatic rings. The van der Waals surface area contributed by atoms with Crippen LogP contribution in [0.15, 0.2) is 12.3 Å². The number of aromatic nitrogens is 1. The van der Waals surface area contributed by atoms with Crippen LogP contribution in [-0.4, -0.2) is 16.8 Å². The van der Waals surface area contributed by atoms with Gasteiger partial charge in [0.2, 0.25) is 11.8 Å². The number of hydrogen-bond donors (Lipinski definition) is 1. The van der Waals surface area contributed by atoms with Crippen molar-refractivity contribution in [3.8, 4) is 0 Å². The Morgan fingerprint density at radius 2 is 2.00 bits per heavy atom. The van der Waals surface area contributed by atoms with E-state index in [0.717, 1.165) is 5.56 Å². The van der Waals surface area contributed by atoms with Gasteiger partial charge < -0.3 is 5.73 Å². The molecule has 5 heteroatoms. The number of amides is 2. The van der Waals surface area contributed by atoms with Crippen molar-refractivity contribution in [3.05, 3.63) is 17.8 Å². The highest BCUT2D eigenvalue weighted by atomic mass is 16.2. The number of carbonyl (C=O) groups is 2. The van der Waals surface area contributed by atoms with Crippen LogP contribution in [0.2, 0.25) is 0 Å². The topological polar surface area (TPSA) is 76.3 Å². The number of aryl methyl sites for hydroxylation is 1. The number of imide groups is 1. The average molecular weight is 261 g/mol. The van der Waals surface area contributed by atoms with Crippen molar-refractivity contribution in [2.24, 2.45) is 5.41 Å². The van der Waals surface area contributed by atoms with Gasteiger partial charge in [-0.05, 0) is 31.4 Å². The zero-order valence-corrected chi connectivity index (χ0v) is 11.6. The van der Waals surface area contributed by atoms with E-state index < -0.39 is 5.41 Å². The van der Waals surface area contributed by atoms with Crippen LogP contribution in [0.5, 0.6) is 0 Å². The lowest BCUT2D eigenvalue weighted by Crippen LogP contribution is -2.35. The summed E-state index contributed by atoms with van der Waals surface area (Å²) in [4.78, 5) is 30.0. The van der Waals surface area contributed by atoms with Crippen molar-refractivity contribution in [2.75, 3.05) is 10.6 Å². The molecule has 0 bridgehead atoms. The Balaban J connectivity index is 2.43. The lowest BCUT2D eigenvalue weighted by Gasteiger charge is -2.23. The Hall–Kier alpha value is -1.91. The Labute approximate surface area is 112 Å². The Kier molecular flexibility index (Phi) is 3.30. The predicted octanol–water partition coefficient (Wildman–Crippen LogP) is 2.04. The van der Waals surface area contributed by atoms with Gasteiger partial charge in [0, 0.05) is 6.42 Å². The van der Waals surface area contributed by atoms with Gasteiger partial charge >= 0.3 is 0 Å². The van der Waals surface area contributed by atoms with Crippen LogP contribution in [0.4, 0.5) is 11.5 Å². The molecule has 102 valence electrons. The first kappa shape index (κ1) is 13.5. The number of rotatable bonds is 3. The molecule has 0 aromatic carbocycles. The molecule has 0 radical (unpaired) electrons. The number of pyridine rings is 1. The number of nitrogens with two attached hydrogens (primary N) is 1. The van der Waals surface area contributed by atoms with E-state index in [1.54, 1.807) is 6.07 Å². The summed E-state index contributed by atoms with van der Waals surface area (Å²) in [7, 11) is 0. The van der Waals surface area contributed by atoms with E-state index in [9.17, 15) is 9.59 Å². The molecule has 0 spiro atoms. The van der Waals surface area contributed by atoms with Crippen molar-refractivity contribution in [2.45, 2.75) is 40.0 Å². The third-order valence-electron chi connectivity index (χ3n) is 4.12. The van der Waals surface area contributed by atoms with E-state index in [2.05, 4.69) is 4.98 Å². The summed E-state index contributed by atoms with van der Waals surface area (Å²) in [6.45, 7) is 5.72. The zero-order valence-electron chi connectivity index (χ0n) is 11.6. The van der Waals surface area contributed by atoms with Gasteiger partial charge in [-0.2, -0.15) is 0 Å². The first-order chi connectivity index (χ1) is 8.95. The molecule has 2 heterocycles. The second kappa shape index (κ2) is 4.64. The standard InChI is InChI=1S/C14H19N3O2/c1-4-14(5-2)7-12(18)17(13(14)19)11-6-9(3)10(15)8-16-11/h6,8H,4-5,7,15H2,1-3H3. The van der Waals surface area contributed by atoms with Crippen LogP contribution in [0, 0.1) is 12.3 Å². The van der Waals surface area contributed by atoms with Gasteiger partial charge in [-0.25, -0.2) is 9.88 Å². The summed E-state index contributed by atoms with van der Waals surface area (Å²) in [6, 6.07) is 1.69. The normalized spacial score (nSPS) is 18.2. The third kappa shape index (κ3) is 1.99. The van der Waals surface area contributed by atoms with Crippen molar-refractivity contribution >= 4 is 23.3 Å². The van der Waals surface area contributed by atoms with Gasteiger partial charge in [0.15, 0.2) is 0 Å². The van der Waals surface area contributed by atoms with Crippen LogP contribution in [0.3, 0.4) is 0 Å². The molecule has 2 rings (SSSR count). The van der Waals surface area contributed by atoms with Gasteiger partial charge in [-0.3, -0.25) is 9.59 Å². The molecular formula is C14H19N3O2. The maximum absolute atomic E-state index is 12.5. The molecular weight excluding hydrogens is 242 g/mol. The quantitative estimate of drug-likeness (QED) is 0.845. The highest BCUT2D eigenvalue weighted by Gasteiger charge is 2.50. The minimum Gasteiger partial charge on any atom is -0.397 e. The molecule has 1 aromatic heterocycles. The number of nitrogens with zero attached hydrogens (tertiary/aromatic N) is 2.